The van der Waals surface area contributed by atoms with Gasteiger partial charge in [-0.1, -0.05) is 13.8 Å². The van der Waals surface area contributed by atoms with E-state index in [-0.39, 0.29) is 11.7 Å². The Balaban J connectivity index is 2.52. The number of hydrogen-bond acceptors (Lipinski definition) is 3. The summed E-state index contributed by atoms with van der Waals surface area (Å²) in [4.78, 5) is 10.9. The summed E-state index contributed by atoms with van der Waals surface area (Å²) in [6.45, 7) is 3.87. The minimum Gasteiger partial charge on any atom is -0.480 e. The molecule has 0 aromatic heterocycles. The fourth-order valence-electron chi connectivity index (χ4n) is 1.42. The molecule has 0 bridgehead atoms. The predicted octanol–water partition coefficient (Wildman–Crippen LogP) is 0.815. The van der Waals surface area contributed by atoms with E-state index in [2.05, 4.69) is 4.72 Å². The van der Waals surface area contributed by atoms with Crippen LogP contribution in [0.4, 0.5) is 0 Å². The Kier molecular flexibility index (Phi) is 4.32. The summed E-state index contributed by atoms with van der Waals surface area (Å²) in [5, 5.41) is 8.90. The van der Waals surface area contributed by atoms with Crippen LogP contribution in [0, 0.1) is 11.8 Å². The normalized spacial score (nSPS) is 18.7. The molecule has 16 heavy (non-hydrogen) atoms. The highest BCUT2D eigenvalue weighted by molar-refractivity contribution is 7.89. The van der Waals surface area contributed by atoms with Crippen molar-refractivity contribution in [1.82, 2.24) is 4.72 Å². The lowest BCUT2D eigenvalue weighted by molar-refractivity contribution is -0.139. The van der Waals surface area contributed by atoms with Crippen LogP contribution in [0.2, 0.25) is 0 Å². The van der Waals surface area contributed by atoms with Crippen LogP contribution in [0.15, 0.2) is 0 Å². The zero-order chi connectivity index (χ0) is 12.3. The van der Waals surface area contributed by atoms with E-state index in [1.54, 1.807) is 0 Å². The molecule has 1 fully saturated rings. The highest BCUT2D eigenvalue weighted by Gasteiger charge is 2.38. The van der Waals surface area contributed by atoms with Gasteiger partial charge in [0.1, 0.15) is 6.04 Å². The smallest absolute Gasteiger partial charge is 0.322 e. The van der Waals surface area contributed by atoms with Gasteiger partial charge in [-0.2, -0.15) is 0 Å². The molecular weight excluding hydrogens is 230 g/mol. The first-order chi connectivity index (χ1) is 7.32. The van der Waals surface area contributed by atoms with Gasteiger partial charge in [0.05, 0.1) is 5.75 Å². The number of carboxylic acids is 1. The van der Waals surface area contributed by atoms with Gasteiger partial charge in [-0.05, 0) is 31.1 Å². The van der Waals surface area contributed by atoms with Crippen LogP contribution in [0.3, 0.4) is 0 Å². The van der Waals surface area contributed by atoms with Crippen molar-refractivity contribution in [3.05, 3.63) is 0 Å². The zero-order valence-corrected chi connectivity index (χ0v) is 10.5. The summed E-state index contributed by atoms with van der Waals surface area (Å²) in [6, 6.07) is -0.933. The van der Waals surface area contributed by atoms with Gasteiger partial charge in [-0.15, -0.1) is 0 Å². The van der Waals surface area contributed by atoms with Crippen molar-refractivity contribution in [2.45, 2.75) is 39.2 Å². The summed E-state index contributed by atoms with van der Waals surface area (Å²) in [5.74, 6) is -0.802. The topological polar surface area (TPSA) is 83.5 Å². The molecule has 0 heterocycles. The molecule has 1 aliphatic rings. The van der Waals surface area contributed by atoms with E-state index < -0.39 is 22.0 Å². The molecule has 0 aromatic rings. The van der Waals surface area contributed by atoms with E-state index in [1.807, 2.05) is 13.8 Å². The molecule has 6 heteroatoms. The van der Waals surface area contributed by atoms with Crippen molar-refractivity contribution in [2.75, 3.05) is 5.75 Å². The SMILES string of the molecule is CC(C)CCS(=O)(=O)NC(C(=O)O)C1CC1. The molecule has 1 atom stereocenters. The second kappa shape index (κ2) is 5.14. The Morgan fingerprint density at radius 3 is 2.38 bits per heavy atom. The molecule has 0 saturated heterocycles. The van der Waals surface area contributed by atoms with E-state index in [0.29, 0.717) is 12.3 Å². The lowest BCUT2D eigenvalue weighted by Crippen LogP contribution is -2.43. The van der Waals surface area contributed by atoms with Gasteiger partial charge in [0, 0.05) is 0 Å². The summed E-state index contributed by atoms with van der Waals surface area (Å²) < 4.78 is 25.5. The molecule has 1 aliphatic carbocycles. The Hall–Kier alpha value is -0.620. The minimum atomic E-state index is -3.46. The number of hydrogen-bond donors (Lipinski definition) is 2. The maximum Gasteiger partial charge on any atom is 0.322 e. The van der Waals surface area contributed by atoms with Gasteiger partial charge < -0.3 is 5.11 Å². The average Bonchev–Trinajstić information content (AvgIpc) is 2.94. The molecule has 1 rings (SSSR count). The number of carbonyl (C=O) groups is 1. The van der Waals surface area contributed by atoms with Crippen molar-refractivity contribution >= 4 is 16.0 Å². The Bertz CT molecular complexity index is 346. The van der Waals surface area contributed by atoms with Crippen molar-refractivity contribution in [2.24, 2.45) is 11.8 Å². The number of sulfonamides is 1. The summed E-state index contributed by atoms with van der Waals surface area (Å²) in [6.07, 6.45) is 2.14. The summed E-state index contributed by atoms with van der Waals surface area (Å²) >= 11 is 0. The Morgan fingerprint density at radius 1 is 1.44 bits per heavy atom. The van der Waals surface area contributed by atoms with Crippen molar-refractivity contribution in [3.8, 4) is 0 Å². The number of aliphatic carboxylic acids is 1. The van der Waals surface area contributed by atoms with Gasteiger partial charge in [-0.3, -0.25) is 4.79 Å². The molecule has 0 spiro atoms. The van der Waals surface area contributed by atoms with E-state index in [9.17, 15) is 13.2 Å². The van der Waals surface area contributed by atoms with Gasteiger partial charge in [0.2, 0.25) is 10.0 Å². The second-order valence-corrected chi connectivity index (χ2v) is 6.65. The van der Waals surface area contributed by atoms with Crippen molar-refractivity contribution < 1.29 is 18.3 Å². The lowest BCUT2D eigenvalue weighted by atomic mass is 10.2. The summed E-state index contributed by atoms with van der Waals surface area (Å²) in [5.41, 5.74) is 0. The third kappa shape index (κ3) is 4.49. The zero-order valence-electron chi connectivity index (χ0n) is 9.64. The molecule has 1 unspecified atom stereocenters. The van der Waals surface area contributed by atoms with E-state index >= 15 is 0 Å². The third-order valence-electron chi connectivity index (χ3n) is 2.63. The Labute approximate surface area is 96.3 Å². The fraction of sp³-hybridized carbons (Fsp3) is 0.900. The molecule has 0 radical (unpaired) electrons. The van der Waals surface area contributed by atoms with E-state index in [0.717, 1.165) is 12.8 Å². The molecule has 1 saturated carbocycles. The largest absolute Gasteiger partial charge is 0.480 e. The summed E-state index contributed by atoms with van der Waals surface area (Å²) in [7, 11) is -3.46. The molecule has 0 aromatic carbocycles. The maximum absolute atomic E-state index is 11.6. The first kappa shape index (κ1) is 13.4. The predicted molar refractivity (Wildman–Crippen MR) is 60.5 cm³/mol. The Morgan fingerprint density at radius 2 is 2.00 bits per heavy atom. The van der Waals surface area contributed by atoms with Gasteiger partial charge in [-0.25, -0.2) is 13.1 Å². The minimum absolute atomic E-state index is 0.00116. The number of rotatable bonds is 7. The highest BCUT2D eigenvalue weighted by Crippen LogP contribution is 2.33. The third-order valence-corrected chi connectivity index (χ3v) is 4.02. The number of nitrogens with one attached hydrogen (secondary N) is 1. The molecule has 0 amide bonds. The highest BCUT2D eigenvalue weighted by atomic mass is 32.2. The fourth-order valence-corrected chi connectivity index (χ4v) is 3.00. The van der Waals surface area contributed by atoms with Crippen LogP contribution in [0.5, 0.6) is 0 Å². The lowest BCUT2D eigenvalue weighted by Gasteiger charge is -2.14. The number of carboxylic acid groups (broad SMARTS) is 1. The van der Waals surface area contributed by atoms with Crippen molar-refractivity contribution in [3.63, 3.8) is 0 Å². The molecule has 94 valence electrons. The van der Waals surface area contributed by atoms with Gasteiger partial charge in [0.15, 0.2) is 0 Å². The monoisotopic (exact) mass is 249 g/mol. The van der Waals surface area contributed by atoms with Crippen LogP contribution in [-0.4, -0.2) is 31.3 Å². The second-order valence-electron chi connectivity index (χ2n) is 4.77. The first-order valence-corrected chi connectivity index (χ1v) is 7.20. The van der Waals surface area contributed by atoms with Gasteiger partial charge >= 0.3 is 5.97 Å². The van der Waals surface area contributed by atoms with Crippen LogP contribution in [-0.2, 0) is 14.8 Å². The first-order valence-electron chi connectivity index (χ1n) is 5.54. The average molecular weight is 249 g/mol. The van der Waals surface area contributed by atoms with Crippen LogP contribution in [0.25, 0.3) is 0 Å². The molecule has 0 aliphatic heterocycles. The van der Waals surface area contributed by atoms with Crippen LogP contribution in [0.1, 0.15) is 33.1 Å². The molecular formula is C10H19NO4S. The molecule has 2 N–H and O–H groups in total. The van der Waals surface area contributed by atoms with Crippen molar-refractivity contribution in [1.29, 1.82) is 0 Å². The van der Waals surface area contributed by atoms with E-state index in [4.69, 9.17) is 5.11 Å². The quantitative estimate of drug-likeness (QED) is 0.699. The maximum atomic E-state index is 11.6. The van der Waals surface area contributed by atoms with Gasteiger partial charge in [0.25, 0.3) is 0 Å². The van der Waals surface area contributed by atoms with Crippen LogP contribution >= 0.6 is 0 Å². The standard InChI is InChI=1S/C10H19NO4S/c1-7(2)5-6-16(14,15)11-9(10(12)13)8-3-4-8/h7-9,11H,3-6H2,1-2H3,(H,12,13). The molecule has 5 nitrogen and oxygen atoms in total. The van der Waals surface area contributed by atoms with Crippen LogP contribution < -0.4 is 4.72 Å². The van der Waals surface area contributed by atoms with E-state index in [1.165, 1.54) is 0 Å².